The van der Waals surface area contributed by atoms with Gasteiger partial charge in [-0.3, -0.25) is 4.79 Å². The maximum Gasteiger partial charge on any atom is 0.306 e. The van der Waals surface area contributed by atoms with Crippen LogP contribution in [0.5, 0.6) is 28.7 Å². The van der Waals surface area contributed by atoms with E-state index in [-0.39, 0.29) is 11.9 Å². The Balaban J connectivity index is 1.38. The maximum atomic E-state index is 11.8. The number of esters is 1. The van der Waals surface area contributed by atoms with Gasteiger partial charge in [-0.1, -0.05) is 30.3 Å². The molecule has 4 aromatic carbocycles. The molecule has 0 aliphatic carbocycles. The van der Waals surface area contributed by atoms with Crippen molar-refractivity contribution in [2.75, 3.05) is 32.3 Å². The van der Waals surface area contributed by atoms with Gasteiger partial charge in [0.15, 0.2) is 0 Å². The number of hydrogen-bond acceptors (Lipinski definition) is 7. The highest BCUT2D eigenvalue weighted by Gasteiger charge is 2.27. The number of ether oxygens (including phenoxy) is 5. The van der Waals surface area contributed by atoms with Crippen LogP contribution in [-0.4, -0.2) is 38.3 Å². The summed E-state index contributed by atoms with van der Waals surface area (Å²) in [5.74, 6) is 4.74. The van der Waals surface area contributed by atoms with Crippen LogP contribution < -0.4 is 18.9 Å². The lowest BCUT2D eigenvalue weighted by Crippen LogP contribution is -2.09. The van der Waals surface area contributed by atoms with E-state index in [1.165, 1.54) is 7.11 Å². The van der Waals surface area contributed by atoms with Gasteiger partial charge in [-0.25, -0.2) is 0 Å². The van der Waals surface area contributed by atoms with E-state index in [4.69, 9.17) is 23.7 Å². The van der Waals surface area contributed by atoms with Crippen LogP contribution in [0.25, 0.3) is 11.1 Å². The van der Waals surface area contributed by atoms with Gasteiger partial charge in [-0.05, 0) is 97.0 Å². The van der Waals surface area contributed by atoms with E-state index in [0.717, 1.165) is 68.6 Å². The van der Waals surface area contributed by atoms with Gasteiger partial charge in [0, 0.05) is 23.1 Å². The van der Waals surface area contributed by atoms with Crippen LogP contribution in [0.1, 0.15) is 41.0 Å². The van der Waals surface area contributed by atoms with Gasteiger partial charge < -0.3 is 23.7 Å². The average molecular weight is 599 g/mol. The molecule has 0 bridgehead atoms. The van der Waals surface area contributed by atoms with Crippen LogP contribution in [0.3, 0.4) is 0 Å². The average Bonchev–Trinajstić information content (AvgIpc) is 3.41. The van der Waals surface area contributed by atoms with Gasteiger partial charge in [0.2, 0.25) is 0 Å². The van der Waals surface area contributed by atoms with Crippen molar-refractivity contribution in [3.05, 3.63) is 101 Å². The third-order valence-electron chi connectivity index (χ3n) is 7.46. The number of thioether (sulfide) groups is 1. The van der Waals surface area contributed by atoms with Crippen molar-refractivity contribution in [1.29, 1.82) is 0 Å². The van der Waals surface area contributed by atoms with E-state index in [2.05, 4.69) is 38.3 Å². The molecule has 5 rings (SSSR count). The van der Waals surface area contributed by atoms with Crippen molar-refractivity contribution >= 4 is 17.7 Å². The number of rotatable bonds is 13. The second kappa shape index (κ2) is 14.4. The zero-order valence-electron chi connectivity index (χ0n) is 25.2. The summed E-state index contributed by atoms with van der Waals surface area (Å²) < 4.78 is 29.3. The third-order valence-corrected chi connectivity index (χ3v) is 8.16. The van der Waals surface area contributed by atoms with Crippen molar-refractivity contribution in [3.8, 4) is 39.9 Å². The fourth-order valence-electron chi connectivity index (χ4n) is 5.36. The molecule has 0 saturated carbocycles. The van der Waals surface area contributed by atoms with Crippen LogP contribution in [0.2, 0.25) is 0 Å². The molecule has 6 nitrogen and oxygen atoms in total. The van der Waals surface area contributed by atoms with E-state index < -0.39 is 0 Å². The second-order valence-corrected chi connectivity index (χ2v) is 11.6. The molecule has 0 N–H and O–H groups in total. The van der Waals surface area contributed by atoms with Crippen LogP contribution in [-0.2, 0) is 16.1 Å². The van der Waals surface area contributed by atoms with Gasteiger partial charge in [-0.2, -0.15) is 11.8 Å². The standard InChI is InChI=1S/C36H38O6S/c1-24-17-30(39-15-8-16-43-4)18-25(2)36(24)32-19-26(11-14-33(32)42-28-9-6-5-7-10-28)22-40-29-12-13-31-27(20-35(37)38-3)23-41-34(31)21-29/h5-7,9-14,17-19,21,27H,8,15-16,20,22-23H2,1-4H3/t27-/m1/s1. The van der Waals surface area contributed by atoms with Gasteiger partial charge in [0.25, 0.3) is 0 Å². The molecule has 1 heterocycles. The summed E-state index contributed by atoms with van der Waals surface area (Å²) in [5.41, 5.74) is 6.37. The molecule has 0 fully saturated rings. The Bertz CT molecular complexity index is 1530. The molecule has 0 spiro atoms. The first-order valence-corrected chi connectivity index (χ1v) is 15.9. The van der Waals surface area contributed by atoms with E-state index in [1.807, 2.05) is 72.4 Å². The van der Waals surface area contributed by atoms with Gasteiger partial charge in [-0.15, -0.1) is 0 Å². The number of benzene rings is 4. The topological polar surface area (TPSA) is 63.2 Å². The zero-order chi connectivity index (χ0) is 30.2. The minimum Gasteiger partial charge on any atom is -0.494 e. The number of para-hydroxylation sites is 1. The number of hydrogen-bond donors (Lipinski definition) is 0. The first kappa shape index (κ1) is 30.4. The summed E-state index contributed by atoms with van der Waals surface area (Å²) in [7, 11) is 1.41. The number of aryl methyl sites for hydroxylation is 2. The van der Waals surface area contributed by atoms with Gasteiger partial charge in [0.05, 0.1) is 26.7 Å². The molecule has 1 aliphatic heterocycles. The Kier molecular flexibility index (Phi) is 10.2. The molecule has 1 atom stereocenters. The Hall–Kier alpha value is -4.10. The summed E-state index contributed by atoms with van der Waals surface area (Å²) in [4.78, 5) is 11.8. The third kappa shape index (κ3) is 7.65. The molecule has 0 amide bonds. The Morgan fingerprint density at radius 2 is 1.70 bits per heavy atom. The van der Waals surface area contributed by atoms with E-state index in [0.29, 0.717) is 32.0 Å². The molecular formula is C36H38O6S. The number of carbonyl (C=O) groups excluding carboxylic acids is 1. The summed E-state index contributed by atoms with van der Waals surface area (Å²) in [6.07, 6.45) is 3.43. The van der Waals surface area contributed by atoms with Crippen LogP contribution >= 0.6 is 11.8 Å². The molecule has 7 heteroatoms. The zero-order valence-corrected chi connectivity index (χ0v) is 26.0. The van der Waals surface area contributed by atoms with E-state index in [1.54, 1.807) is 0 Å². The number of methoxy groups -OCH3 is 1. The summed E-state index contributed by atoms with van der Waals surface area (Å²) in [5, 5.41) is 0. The monoisotopic (exact) mass is 598 g/mol. The van der Waals surface area contributed by atoms with Crippen molar-refractivity contribution < 1.29 is 28.5 Å². The molecular weight excluding hydrogens is 560 g/mol. The Morgan fingerprint density at radius 3 is 2.44 bits per heavy atom. The van der Waals surface area contributed by atoms with E-state index in [9.17, 15) is 4.79 Å². The molecule has 0 radical (unpaired) electrons. The fourth-order valence-corrected chi connectivity index (χ4v) is 5.77. The normalized spacial score (nSPS) is 13.6. The van der Waals surface area contributed by atoms with Crippen LogP contribution in [0, 0.1) is 13.8 Å². The quantitative estimate of drug-likeness (QED) is 0.113. The highest BCUT2D eigenvalue weighted by atomic mass is 32.2. The molecule has 0 unspecified atom stereocenters. The van der Waals surface area contributed by atoms with Crippen molar-refractivity contribution in [2.24, 2.45) is 0 Å². The molecule has 224 valence electrons. The van der Waals surface area contributed by atoms with Gasteiger partial charge in [0.1, 0.15) is 35.4 Å². The van der Waals surface area contributed by atoms with Crippen molar-refractivity contribution in [1.82, 2.24) is 0 Å². The van der Waals surface area contributed by atoms with Crippen LogP contribution in [0.4, 0.5) is 0 Å². The maximum absolute atomic E-state index is 11.8. The summed E-state index contributed by atoms with van der Waals surface area (Å²) in [6.45, 7) is 5.77. The number of carbonyl (C=O) groups is 1. The molecule has 0 saturated heterocycles. The fraction of sp³-hybridized carbons (Fsp3) is 0.306. The smallest absolute Gasteiger partial charge is 0.306 e. The highest BCUT2D eigenvalue weighted by Crippen LogP contribution is 2.41. The number of fused-ring (bicyclic) bond motifs is 1. The van der Waals surface area contributed by atoms with Crippen molar-refractivity contribution in [2.45, 2.75) is 39.2 Å². The second-order valence-electron chi connectivity index (χ2n) is 10.6. The first-order valence-electron chi connectivity index (χ1n) is 14.5. The first-order chi connectivity index (χ1) is 20.9. The molecule has 4 aromatic rings. The molecule has 1 aliphatic rings. The minimum atomic E-state index is -0.240. The SMILES string of the molecule is COC(=O)C[C@@H]1COc2cc(OCc3ccc(Oc4ccccc4)c(-c4c(C)cc(OCCCSC)cc4C)c3)ccc21. The summed E-state index contributed by atoms with van der Waals surface area (Å²) >= 11 is 1.83. The Labute approximate surface area is 258 Å². The molecule has 43 heavy (non-hydrogen) atoms. The predicted molar refractivity (Wildman–Crippen MR) is 172 cm³/mol. The lowest BCUT2D eigenvalue weighted by Gasteiger charge is -2.18. The highest BCUT2D eigenvalue weighted by molar-refractivity contribution is 7.98. The Morgan fingerprint density at radius 1 is 0.907 bits per heavy atom. The van der Waals surface area contributed by atoms with Crippen molar-refractivity contribution in [3.63, 3.8) is 0 Å². The van der Waals surface area contributed by atoms with Crippen LogP contribution in [0.15, 0.2) is 78.9 Å². The van der Waals surface area contributed by atoms with Gasteiger partial charge >= 0.3 is 5.97 Å². The van der Waals surface area contributed by atoms with E-state index >= 15 is 0 Å². The predicted octanol–water partition coefficient (Wildman–Crippen LogP) is 8.51. The summed E-state index contributed by atoms with van der Waals surface area (Å²) in [6, 6.07) is 26.0. The minimum absolute atomic E-state index is 0.00479. The lowest BCUT2D eigenvalue weighted by atomic mass is 9.93. The largest absolute Gasteiger partial charge is 0.494 e. The molecule has 0 aromatic heterocycles. The lowest BCUT2D eigenvalue weighted by molar-refractivity contribution is -0.141.